The van der Waals surface area contributed by atoms with Crippen LogP contribution in [0.15, 0.2) is 53.9 Å². The molecule has 1 aliphatic heterocycles. The normalized spacial score (nSPS) is 12.6. The number of fused-ring (bicyclic) bond motifs is 1. The highest BCUT2D eigenvalue weighted by molar-refractivity contribution is 7.14. The number of hydrogen-bond acceptors (Lipinski definition) is 4. The lowest BCUT2D eigenvalue weighted by molar-refractivity contribution is -0.115. The minimum absolute atomic E-state index is 0.0463. The summed E-state index contributed by atoms with van der Waals surface area (Å²) in [5.41, 5.74) is 3.98. The molecule has 2 heterocycles. The number of thiazole rings is 1. The first kappa shape index (κ1) is 14.6. The van der Waals surface area contributed by atoms with E-state index in [1.165, 1.54) is 11.3 Å². The molecule has 0 saturated carbocycles. The summed E-state index contributed by atoms with van der Waals surface area (Å²) in [4.78, 5) is 28.2. The van der Waals surface area contributed by atoms with Gasteiger partial charge in [0.25, 0.3) is 5.91 Å². The van der Waals surface area contributed by atoms with Crippen LogP contribution in [-0.2, 0) is 11.2 Å². The van der Waals surface area contributed by atoms with Crippen LogP contribution in [0.2, 0.25) is 0 Å². The monoisotopic (exact) mass is 335 g/mol. The Morgan fingerprint density at radius 1 is 1.17 bits per heavy atom. The van der Waals surface area contributed by atoms with Gasteiger partial charge in [-0.25, -0.2) is 4.98 Å². The SMILES string of the molecule is O=C1Cc2cc(C(=O)Nc3nc(-c4ccccc4)cs3)ccc2N1. The largest absolute Gasteiger partial charge is 0.326 e. The van der Waals surface area contributed by atoms with Crippen molar-refractivity contribution in [1.82, 2.24) is 4.98 Å². The van der Waals surface area contributed by atoms with Gasteiger partial charge in [-0.3, -0.25) is 14.9 Å². The van der Waals surface area contributed by atoms with Gasteiger partial charge in [0.2, 0.25) is 5.91 Å². The van der Waals surface area contributed by atoms with E-state index in [0.29, 0.717) is 17.1 Å². The highest BCUT2D eigenvalue weighted by atomic mass is 32.1. The van der Waals surface area contributed by atoms with E-state index in [-0.39, 0.29) is 11.8 Å². The van der Waals surface area contributed by atoms with Crippen LogP contribution in [0.1, 0.15) is 15.9 Å². The Balaban J connectivity index is 1.52. The number of rotatable bonds is 3. The second-order valence-corrected chi connectivity index (χ2v) is 6.31. The second-order valence-electron chi connectivity index (χ2n) is 5.45. The lowest BCUT2D eigenvalue weighted by Crippen LogP contribution is -2.11. The molecule has 1 aliphatic rings. The van der Waals surface area contributed by atoms with Crippen molar-refractivity contribution < 1.29 is 9.59 Å². The summed E-state index contributed by atoms with van der Waals surface area (Å²) in [5.74, 6) is -0.277. The summed E-state index contributed by atoms with van der Waals surface area (Å²) in [6, 6.07) is 15.0. The molecule has 2 amide bonds. The van der Waals surface area contributed by atoms with E-state index in [1.807, 2.05) is 35.7 Å². The maximum absolute atomic E-state index is 12.4. The first-order valence-corrected chi connectivity index (χ1v) is 8.32. The molecule has 3 aromatic rings. The summed E-state index contributed by atoms with van der Waals surface area (Å²) in [7, 11) is 0. The van der Waals surface area contributed by atoms with Crippen LogP contribution < -0.4 is 10.6 Å². The molecule has 0 spiro atoms. The van der Waals surface area contributed by atoms with Gasteiger partial charge < -0.3 is 5.32 Å². The molecule has 0 bridgehead atoms. The molecule has 2 N–H and O–H groups in total. The summed E-state index contributed by atoms with van der Waals surface area (Å²) < 4.78 is 0. The second kappa shape index (κ2) is 5.90. The lowest BCUT2D eigenvalue weighted by Gasteiger charge is -2.04. The molecule has 0 fully saturated rings. The minimum Gasteiger partial charge on any atom is -0.326 e. The molecule has 2 aromatic carbocycles. The summed E-state index contributed by atoms with van der Waals surface area (Å²) in [6.07, 6.45) is 0.311. The zero-order chi connectivity index (χ0) is 16.5. The third-order valence-electron chi connectivity index (χ3n) is 3.79. The van der Waals surface area contributed by atoms with Gasteiger partial charge in [-0.05, 0) is 23.8 Å². The van der Waals surface area contributed by atoms with Crippen molar-refractivity contribution in [3.8, 4) is 11.3 Å². The van der Waals surface area contributed by atoms with Crippen molar-refractivity contribution in [3.63, 3.8) is 0 Å². The smallest absolute Gasteiger partial charge is 0.257 e. The van der Waals surface area contributed by atoms with Crippen LogP contribution >= 0.6 is 11.3 Å². The number of hydrogen-bond donors (Lipinski definition) is 2. The van der Waals surface area contributed by atoms with Gasteiger partial charge in [-0.15, -0.1) is 11.3 Å². The predicted molar refractivity (Wildman–Crippen MR) is 94.3 cm³/mol. The zero-order valence-corrected chi connectivity index (χ0v) is 13.4. The molecule has 0 unspecified atom stereocenters. The minimum atomic E-state index is -0.230. The van der Waals surface area contributed by atoms with Crippen LogP contribution in [-0.4, -0.2) is 16.8 Å². The number of benzene rings is 2. The van der Waals surface area contributed by atoms with Crippen LogP contribution in [0.4, 0.5) is 10.8 Å². The van der Waals surface area contributed by atoms with Crippen LogP contribution in [0.3, 0.4) is 0 Å². The number of aromatic nitrogens is 1. The number of carbonyl (C=O) groups excluding carboxylic acids is 2. The Labute approximate surface area is 142 Å². The molecule has 6 heteroatoms. The van der Waals surface area contributed by atoms with E-state index in [1.54, 1.807) is 18.2 Å². The van der Waals surface area contributed by atoms with Gasteiger partial charge in [0.15, 0.2) is 5.13 Å². The third kappa shape index (κ3) is 2.79. The average molecular weight is 335 g/mol. The maximum atomic E-state index is 12.4. The third-order valence-corrected chi connectivity index (χ3v) is 4.54. The fourth-order valence-corrected chi connectivity index (χ4v) is 3.33. The van der Waals surface area contributed by atoms with Crippen molar-refractivity contribution in [2.75, 3.05) is 10.6 Å². The van der Waals surface area contributed by atoms with Gasteiger partial charge >= 0.3 is 0 Å². The van der Waals surface area contributed by atoms with Gasteiger partial charge in [-0.2, -0.15) is 0 Å². The standard InChI is InChI=1S/C18H13N3O2S/c22-16-9-13-8-12(6-7-14(13)19-16)17(23)21-18-20-15(10-24-18)11-4-2-1-3-5-11/h1-8,10H,9H2,(H,19,22)(H,20,21,23). The Hall–Kier alpha value is -2.99. The average Bonchev–Trinajstić information content (AvgIpc) is 3.20. The highest BCUT2D eigenvalue weighted by Gasteiger charge is 2.19. The molecule has 4 rings (SSSR count). The molecular formula is C18H13N3O2S. The molecule has 1 aromatic heterocycles. The Morgan fingerprint density at radius 3 is 2.83 bits per heavy atom. The van der Waals surface area contributed by atoms with Crippen molar-refractivity contribution in [2.24, 2.45) is 0 Å². The summed E-state index contributed by atoms with van der Waals surface area (Å²) in [6.45, 7) is 0. The van der Waals surface area contributed by atoms with E-state index in [0.717, 1.165) is 22.5 Å². The Morgan fingerprint density at radius 2 is 2.00 bits per heavy atom. The molecule has 0 atom stereocenters. The fraction of sp³-hybridized carbons (Fsp3) is 0.0556. The molecule has 5 nitrogen and oxygen atoms in total. The zero-order valence-electron chi connectivity index (χ0n) is 12.6. The first-order valence-electron chi connectivity index (χ1n) is 7.44. The van der Waals surface area contributed by atoms with Crippen LogP contribution in [0.5, 0.6) is 0 Å². The van der Waals surface area contributed by atoms with Crippen molar-refractivity contribution in [3.05, 3.63) is 65.0 Å². The summed E-state index contributed by atoms with van der Waals surface area (Å²) in [5, 5.41) is 8.03. The molecular weight excluding hydrogens is 322 g/mol. The highest BCUT2D eigenvalue weighted by Crippen LogP contribution is 2.26. The number of anilines is 2. The Kier molecular flexibility index (Phi) is 3.59. The molecule has 0 radical (unpaired) electrons. The predicted octanol–water partition coefficient (Wildman–Crippen LogP) is 3.56. The number of amides is 2. The van der Waals surface area contributed by atoms with Crippen LogP contribution in [0.25, 0.3) is 11.3 Å². The van der Waals surface area contributed by atoms with E-state index >= 15 is 0 Å². The fourth-order valence-electron chi connectivity index (χ4n) is 2.61. The van der Waals surface area contributed by atoms with E-state index in [2.05, 4.69) is 15.6 Å². The van der Waals surface area contributed by atoms with E-state index in [9.17, 15) is 9.59 Å². The summed E-state index contributed by atoms with van der Waals surface area (Å²) >= 11 is 1.38. The molecule has 0 aliphatic carbocycles. The van der Waals surface area contributed by atoms with E-state index in [4.69, 9.17) is 0 Å². The van der Waals surface area contributed by atoms with Gasteiger partial charge in [0, 0.05) is 22.2 Å². The van der Waals surface area contributed by atoms with E-state index < -0.39 is 0 Å². The van der Waals surface area contributed by atoms with Crippen molar-refractivity contribution in [1.29, 1.82) is 0 Å². The Bertz CT molecular complexity index is 934. The van der Waals surface area contributed by atoms with Crippen LogP contribution in [0, 0.1) is 0 Å². The maximum Gasteiger partial charge on any atom is 0.257 e. The lowest BCUT2D eigenvalue weighted by atomic mass is 10.1. The number of nitrogens with zero attached hydrogens (tertiary/aromatic N) is 1. The number of nitrogens with one attached hydrogen (secondary N) is 2. The molecule has 0 saturated heterocycles. The first-order chi connectivity index (χ1) is 11.7. The molecule has 118 valence electrons. The molecule has 24 heavy (non-hydrogen) atoms. The topological polar surface area (TPSA) is 71.1 Å². The number of carbonyl (C=O) groups is 2. The quantitative estimate of drug-likeness (QED) is 0.769. The van der Waals surface area contributed by atoms with Crippen molar-refractivity contribution in [2.45, 2.75) is 6.42 Å². The van der Waals surface area contributed by atoms with Crippen molar-refractivity contribution >= 4 is 34.0 Å². The van der Waals surface area contributed by atoms with Gasteiger partial charge in [0.05, 0.1) is 12.1 Å². The van der Waals surface area contributed by atoms with Gasteiger partial charge in [0.1, 0.15) is 0 Å². The van der Waals surface area contributed by atoms with Gasteiger partial charge in [-0.1, -0.05) is 30.3 Å².